The van der Waals surface area contributed by atoms with Gasteiger partial charge in [0.2, 0.25) is 6.23 Å². The van der Waals surface area contributed by atoms with E-state index < -0.39 is 6.23 Å². The summed E-state index contributed by atoms with van der Waals surface area (Å²) in [7, 11) is 0. The molecule has 2 heterocycles. The minimum atomic E-state index is -0.536. The number of ether oxygens (including phenoxy) is 1. The Hall–Kier alpha value is -3.19. The number of halogens is 1. The molecule has 0 aliphatic carbocycles. The lowest BCUT2D eigenvalue weighted by Crippen LogP contribution is -2.33. The molecule has 0 saturated carbocycles. The van der Waals surface area contributed by atoms with Gasteiger partial charge in [-0.2, -0.15) is 5.10 Å². The molecule has 156 valence electrons. The highest BCUT2D eigenvalue weighted by Gasteiger charge is 2.41. The van der Waals surface area contributed by atoms with E-state index >= 15 is 0 Å². The fourth-order valence-electron chi connectivity index (χ4n) is 4.18. The summed E-state index contributed by atoms with van der Waals surface area (Å²) in [5.41, 5.74) is 5.16. The van der Waals surface area contributed by atoms with Crippen molar-refractivity contribution < 1.29 is 9.66 Å². The second kappa shape index (κ2) is 7.81. The van der Waals surface area contributed by atoms with Crippen LogP contribution in [0.15, 0.2) is 76.3 Å². The number of nitro benzene ring substituents is 1. The Morgan fingerprint density at radius 1 is 1.16 bits per heavy atom. The maximum Gasteiger partial charge on any atom is 0.269 e. The highest BCUT2D eigenvalue weighted by Crippen LogP contribution is 2.48. The number of hydrogen-bond acceptors (Lipinski definition) is 5. The van der Waals surface area contributed by atoms with Crippen molar-refractivity contribution in [1.82, 2.24) is 5.01 Å². The van der Waals surface area contributed by atoms with Gasteiger partial charge in [0.1, 0.15) is 5.75 Å². The second-order valence-corrected chi connectivity index (χ2v) is 8.62. The summed E-state index contributed by atoms with van der Waals surface area (Å²) >= 11 is 3.56. The normalized spacial score (nSPS) is 19.3. The van der Waals surface area contributed by atoms with Crippen LogP contribution in [0.1, 0.15) is 47.9 Å². The number of hydrogen-bond donors (Lipinski definition) is 0. The minimum absolute atomic E-state index is 0.00800. The molecule has 0 aromatic heterocycles. The van der Waals surface area contributed by atoms with Gasteiger partial charge in [0.25, 0.3) is 5.69 Å². The van der Waals surface area contributed by atoms with Crippen LogP contribution in [0.2, 0.25) is 0 Å². The first kappa shape index (κ1) is 19.8. The zero-order valence-corrected chi connectivity index (χ0v) is 18.5. The molecule has 3 aromatic carbocycles. The lowest BCUT2D eigenvalue weighted by Gasteiger charge is -2.38. The molecule has 0 fully saturated rings. The maximum absolute atomic E-state index is 11.3. The number of non-ortho nitro benzene ring substituents is 1. The monoisotopic (exact) mass is 477 g/mol. The number of nitro groups is 1. The van der Waals surface area contributed by atoms with Crippen molar-refractivity contribution in [1.29, 1.82) is 0 Å². The Morgan fingerprint density at radius 3 is 2.71 bits per heavy atom. The van der Waals surface area contributed by atoms with Crippen LogP contribution < -0.4 is 4.74 Å². The molecule has 5 rings (SSSR count). The molecule has 6 nitrogen and oxygen atoms in total. The fraction of sp³-hybridized carbons (Fsp3) is 0.208. The molecule has 0 saturated heterocycles. The van der Waals surface area contributed by atoms with Crippen LogP contribution in [-0.2, 0) is 6.42 Å². The van der Waals surface area contributed by atoms with Gasteiger partial charge in [-0.3, -0.25) is 10.1 Å². The first-order valence-electron chi connectivity index (χ1n) is 10.2. The molecule has 31 heavy (non-hydrogen) atoms. The van der Waals surface area contributed by atoms with Gasteiger partial charge in [0, 0.05) is 34.2 Å². The Labute approximate surface area is 188 Å². The van der Waals surface area contributed by atoms with Crippen LogP contribution in [0.25, 0.3) is 0 Å². The zero-order valence-electron chi connectivity index (χ0n) is 16.9. The summed E-state index contributed by atoms with van der Waals surface area (Å²) in [6, 6.07) is 21.0. The van der Waals surface area contributed by atoms with E-state index in [9.17, 15) is 10.1 Å². The predicted molar refractivity (Wildman–Crippen MR) is 122 cm³/mol. The van der Waals surface area contributed by atoms with E-state index in [4.69, 9.17) is 9.84 Å². The number of rotatable bonds is 4. The van der Waals surface area contributed by atoms with Gasteiger partial charge in [-0.1, -0.05) is 59.3 Å². The van der Waals surface area contributed by atoms with Crippen molar-refractivity contribution in [3.63, 3.8) is 0 Å². The highest BCUT2D eigenvalue weighted by molar-refractivity contribution is 9.10. The smallest absolute Gasteiger partial charge is 0.269 e. The van der Waals surface area contributed by atoms with Gasteiger partial charge in [-0.15, -0.1) is 0 Å². The average molecular weight is 478 g/mol. The predicted octanol–water partition coefficient (Wildman–Crippen LogP) is 6.16. The van der Waals surface area contributed by atoms with Gasteiger partial charge in [0.15, 0.2) is 0 Å². The standard InChI is InChI=1S/C24H20BrN3O3/c1-2-15-6-8-16(9-7-15)21-14-22-20-13-18(25)10-11-23(20)31-24(27(22)26-21)17-4-3-5-19(12-17)28(29)30/h3-13,22,24H,2,14H2,1H3/t22-,24+/m0/s1. The molecule has 2 atom stereocenters. The molecular weight excluding hydrogens is 458 g/mol. The lowest BCUT2D eigenvalue weighted by molar-refractivity contribution is -0.385. The molecule has 0 amide bonds. The average Bonchev–Trinajstić information content (AvgIpc) is 3.24. The number of aryl methyl sites for hydroxylation is 1. The van der Waals surface area contributed by atoms with Gasteiger partial charge in [0.05, 0.1) is 16.7 Å². The number of fused-ring (bicyclic) bond motifs is 3. The number of nitrogens with zero attached hydrogens (tertiary/aromatic N) is 3. The van der Waals surface area contributed by atoms with E-state index in [1.54, 1.807) is 12.1 Å². The summed E-state index contributed by atoms with van der Waals surface area (Å²) in [6.45, 7) is 2.14. The molecule has 0 N–H and O–H groups in total. The minimum Gasteiger partial charge on any atom is -0.464 e. The van der Waals surface area contributed by atoms with Crippen molar-refractivity contribution in [2.75, 3.05) is 0 Å². The lowest BCUT2D eigenvalue weighted by atomic mass is 9.95. The van der Waals surface area contributed by atoms with Crippen LogP contribution in [0, 0.1) is 10.1 Å². The quantitative estimate of drug-likeness (QED) is 0.333. The summed E-state index contributed by atoms with van der Waals surface area (Å²) in [5.74, 6) is 0.777. The van der Waals surface area contributed by atoms with Crippen LogP contribution in [0.5, 0.6) is 5.75 Å². The maximum atomic E-state index is 11.3. The first-order valence-corrected chi connectivity index (χ1v) is 11.0. The third-order valence-electron chi connectivity index (χ3n) is 5.81. The van der Waals surface area contributed by atoms with Crippen molar-refractivity contribution in [3.8, 4) is 5.75 Å². The Kier molecular flexibility index (Phi) is 4.98. The molecule has 7 heteroatoms. The molecule has 2 aliphatic rings. The van der Waals surface area contributed by atoms with E-state index in [1.165, 1.54) is 11.6 Å². The van der Waals surface area contributed by atoms with Crippen LogP contribution >= 0.6 is 15.9 Å². The van der Waals surface area contributed by atoms with Crippen molar-refractivity contribution in [3.05, 3.63) is 104 Å². The SMILES string of the molecule is CCc1ccc(C2=NN3[C@@H](c4cccc([N+](=O)[O-])c4)Oc4ccc(Br)cc4[C@@H]3C2)cc1. The Bertz CT molecular complexity index is 1190. The third-order valence-corrected chi connectivity index (χ3v) is 6.31. The van der Waals surface area contributed by atoms with E-state index in [2.05, 4.69) is 53.2 Å². The van der Waals surface area contributed by atoms with Crippen molar-refractivity contribution in [2.45, 2.75) is 32.0 Å². The molecule has 0 unspecified atom stereocenters. The zero-order chi connectivity index (χ0) is 21.5. The van der Waals surface area contributed by atoms with Crippen molar-refractivity contribution >= 4 is 27.3 Å². The summed E-state index contributed by atoms with van der Waals surface area (Å²) in [5, 5.41) is 18.2. The molecular formula is C24H20BrN3O3. The van der Waals surface area contributed by atoms with E-state index in [0.29, 0.717) is 5.56 Å². The Balaban J connectivity index is 1.58. The molecule has 0 radical (unpaired) electrons. The van der Waals surface area contributed by atoms with Gasteiger partial charge < -0.3 is 4.74 Å². The fourth-order valence-corrected chi connectivity index (χ4v) is 4.56. The van der Waals surface area contributed by atoms with E-state index in [1.807, 2.05) is 23.2 Å². The van der Waals surface area contributed by atoms with E-state index in [-0.39, 0.29) is 16.7 Å². The van der Waals surface area contributed by atoms with Crippen LogP contribution in [0.4, 0.5) is 5.69 Å². The summed E-state index contributed by atoms with van der Waals surface area (Å²) in [6.07, 6.45) is 1.20. The van der Waals surface area contributed by atoms with Gasteiger partial charge in [-0.05, 0) is 35.7 Å². The van der Waals surface area contributed by atoms with Crippen LogP contribution in [0.3, 0.4) is 0 Å². The van der Waals surface area contributed by atoms with E-state index in [0.717, 1.165) is 39.9 Å². The summed E-state index contributed by atoms with van der Waals surface area (Å²) < 4.78 is 7.29. The van der Waals surface area contributed by atoms with Gasteiger partial charge in [-0.25, -0.2) is 5.01 Å². The van der Waals surface area contributed by atoms with Gasteiger partial charge >= 0.3 is 0 Å². The highest BCUT2D eigenvalue weighted by atomic mass is 79.9. The third kappa shape index (κ3) is 3.59. The Morgan fingerprint density at radius 2 is 1.97 bits per heavy atom. The largest absolute Gasteiger partial charge is 0.464 e. The number of benzene rings is 3. The topological polar surface area (TPSA) is 68.0 Å². The molecule has 0 bridgehead atoms. The molecule has 2 aliphatic heterocycles. The van der Waals surface area contributed by atoms with Crippen molar-refractivity contribution in [2.24, 2.45) is 5.10 Å². The first-order chi connectivity index (χ1) is 15.0. The molecule has 3 aromatic rings. The number of hydrazone groups is 1. The molecule has 0 spiro atoms. The second-order valence-electron chi connectivity index (χ2n) is 7.70. The summed E-state index contributed by atoms with van der Waals surface area (Å²) in [4.78, 5) is 10.9. The van der Waals surface area contributed by atoms with Crippen LogP contribution in [-0.4, -0.2) is 15.6 Å².